The maximum Gasteiger partial charge on any atom is 0.305 e. The third kappa shape index (κ3) is 5.82. The van der Waals surface area contributed by atoms with Crippen molar-refractivity contribution < 1.29 is 9.90 Å². The number of aliphatic carboxylic acids is 1. The molecule has 0 fully saturated rings. The van der Waals surface area contributed by atoms with E-state index in [1.807, 2.05) is 26.8 Å². The Bertz CT molecular complexity index is 488. The molecule has 0 saturated carbocycles. The number of carbonyl (C=O) groups is 1. The molecule has 0 amide bonds. The second kappa shape index (κ2) is 6.14. The highest BCUT2D eigenvalue weighted by molar-refractivity contribution is 5.68. The summed E-state index contributed by atoms with van der Waals surface area (Å²) < 4.78 is 0. The maximum atomic E-state index is 10.9. The van der Waals surface area contributed by atoms with Crippen molar-refractivity contribution in [1.82, 2.24) is 9.97 Å². The second-order valence-electron chi connectivity index (χ2n) is 5.58. The van der Waals surface area contributed by atoms with E-state index in [0.29, 0.717) is 6.42 Å². The van der Waals surface area contributed by atoms with Gasteiger partial charge in [-0.15, -0.1) is 0 Å². The monoisotopic (exact) mass is 262 g/mol. The zero-order valence-electron chi connectivity index (χ0n) is 11.3. The van der Waals surface area contributed by atoms with Gasteiger partial charge < -0.3 is 10.4 Å². The van der Waals surface area contributed by atoms with Gasteiger partial charge in [-0.05, 0) is 17.9 Å². The van der Waals surface area contributed by atoms with Crippen molar-refractivity contribution in [2.24, 2.45) is 5.41 Å². The molecule has 0 aliphatic carbocycles. The van der Waals surface area contributed by atoms with E-state index in [-0.39, 0.29) is 29.5 Å². The number of nitriles is 1. The summed E-state index contributed by atoms with van der Waals surface area (Å²) in [6, 6.07) is 3.15. The summed E-state index contributed by atoms with van der Waals surface area (Å²) >= 11 is 0. The van der Waals surface area contributed by atoms with Gasteiger partial charge in [0.2, 0.25) is 5.95 Å². The standard InChI is InChI=1S/C13H18N4O2/c1-13(2,3)7-10(6-11(18)19)17-12-15-5-4-9(8-14)16-12/h4-5,10H,6-7H2,1-3H3,(H,18,19)(H,15,16,17). The number of anilines is 1. The molecule has 0 aromatic carbocycles. The normalized spacial score (nSPS) is 12.5. The van der Waals surface area contributed by atoms with Crippen LogP contribution in [0.3, 0.4) is 0 Å². The summed E-state index contributed by atoms with van der Waals surface area (Å²) in [6.07, 6.45) is 2.12. The molecule has 0 aliphatic heterocycles. The van der Waals surface area contributed by atoms with E-state index >= 15 is 0 Å². The Labute approximate surface area is 112 Å². The second-order valence-corrected chi connectivity index (χ2v) is 5.58. The zero-order valence-corrected chi connectivity index (χ0v) is 11.3. The van der Waals surface area contributed by atoms with Gasteiger partial charge in [0, 0.05) is 12.2 Å². The van der Waals surface area contributed by atoms with E-state index in [0.717, 1.165) is 0 Å². The number of rotatable bonds is 5. The first-order valence-electron chi connectivity index (χ1n) is 6.01. The Morgan fingerprint density at radius 2 is 2.26 bits per heavy atom. The van der Waals surface area contributed by atoms with Crippen LogP contribution in [0.5, 0.6) is 0 Å². The predicted octanol–water partition coefficient (Wildman–Crippen LogP) is 2.04. The molecular weight excluding hydrogens is 244 g/mol. The molecule has 1 unspecified atom stereocenters. The van der Waals surface area contributed by atoms with E-state index in [4.69, 9.17) is 10.4 Å². The highest BCUT2D eigenvalue weighted by Gasteiger charge is 2.21. The fourth-order valence-corrected chi connectivity index (χ4v) is 1.80. The molecular formula is C13H18N4O2. The first-order valence-corrected chi connectivity index (χ1v) is 6.01. The molecule has 1 aromatic rings. The molecule has 6 heteroatoms. The molecule has 0 saturated heterocycles. The van der Waals surface area contributed by atoms with E-state index < -0.39 is 5.97 Å². The molecule has 1 heterocycles. The summed E-state index contributed by atoms with van der Waals surface area (Å²) in [5, 5.41) is 20.7. The highest BCUT2D eigenvalue weighted by Crippen LogP contribution is 2.23. The lowest BCUT2D eigenvalue weighted by Gasteiger charge is -2.25. The minimum Gasteiger partial charge on any atom is -0.481 e. The van der Waals surface area contributed by atoms with Gasteiger partial charge in [0.1, 0.15) is 11.8 Å². The Kier molecular flexibility index (Phi) is 4.81. The van der Waals surface area contributed by atoms with Crippen molar-refractivity contribution in [3.63, 3.8) is 0 Å². The van der Waals surface area contributed by atoms with Crippen LogP contribution >= 0.6 is 0 Å². The number of aromatic nitrogens is 2. The molecule has 6 nitrogen and oxygen atoms in total. The van der Waals surface area contributed by atoms with Gasteiger partial charge in [0.05, 0.1) is 6.42 Å². The minimum atomic E-state index is -0.877. The van der Waals surface area contributed by atoms with E-state index in [1.165, 1.54) is 12.3 Å². The fraction of sp³-hybridized carbons (Fsp3) is 0.538. The molecule has 1 atom stereocenters. The molecule has 1 aromatic heterocycles. The SMILES string of the molecule is CC(C)(C)CC(CC(=O)O)Nc1nccc(C#N)n1. The quantitative estimate of drug-likeness (QED) is 0.842. The Morgan fingerprint density at radius 1 is 1.58 bits per heavy atom. The first-order chi connectivity index (χ1) is 8.80. The Hall–Kier alpha value is -2.16. The number of hydrogen-bond acceptors (Lipinski definition) is 5. The van der Waals surface area contributed by atoms with Crippen molar-refractivity contribution in [2.75, 3.05) is 5.32 Å². The molecule has 0 aliphatic rings. The average molecular weight is 262 g/mol. The van der Waals surface area contributed by atoms with Gasteiger partial charge in [-0.25, -0.2) is 9.97 Å². The van der Waals surface area contributed by atoms with Crippen LogP contribution in [-0.2, 0) is 4.79 Å². The van der Waals surface area contributed by atoms with Crippen LogP contribution in [0, 0.1) is 16.7 Å². The lowest BCUT2D eigenvalue weighted by atomic mass is 9.87. The molecule has 19 heavy (non-hydrogen) atoms. The molecule has 102 valence electrons. The summed E-state index contributed by atoms with van der Waals surface area (Å²) in [4.78, 5) is 18.9. The lowest BCUT2D eigenvalue weighted by Crippen LogP contribution is -2.29. The van der Waals surface area contributed by atoms with Crippen molar-refractivity contribution in [3.8, 4) is 6.07 Å². The fourth-order valence-electron chi connectivity index (χ4n) is 1.80. The molecule has 2 N–H and O–H groups in total. The number of carboxylic acid groups (broad SMARTS) is 1. The largest absolute Gasteiger partial charge is 0.481 e. The van der Waals surface area contributed by atoms with E-state index in [2.05, 4.69) is 15.3 Å². The number of nitrogens with zero attached hydrogens (tertiary/aromatic N) is 3. The summed E-state index contributed by atoms with van der Waals surface area (Å²) in [5.74, 6) is -0.590. The number of carboxylic acids is 1. The van der Waals surface area contributed by atoms with Crippen LogP contribution in [0.25, 0.3) is 0 Å². The molecule has 0 bridgehead atoms. The van der Waals surface area contributed by atoms with Crippen LogP contribution in [0.4, 0.5) is 5.95 Å². The lowest BCUT2D eigenvalue weighted by molar-refractivity contribution is -0.137. The zero-order chi connectivity index (χ0) is 14.5. The molecule has 1 rings (SSSR count). The summed E-state index contributed by atoms with van der Waals surface area (Å²) in [6.45, 7) is 6.11. The third-order valence-electron chi connectivity index (χ3n) is 2.38. The van der Waals surface area contributed by atoms with Crippen molar-refractivity contribution in [1.29, 1.82) is 5.26 Å². The van der Waals surface area contributed by atoms with Gasteiger partial charge in [0.25, 0.3) is 0 Å². The van der Waals surface area contributed by atoms with Gasteiger partial charge in [-0.1, -0.05) is 20.8 Å². The van der Waals surface area contributed by atoms with Crippen LogP contribution in [-0.4, -0.2) is 27.1 Å². The van der Waals surface area contributed by atoms with E-state index in [1.54, 1.807) is 0 Å². The van der Waals surface area contributed by atoms with Gasteiger partial charge >= 0.3 is 5.97 Å². The molecule has 0 radical (unpaired) electrons. The van der Waals surface area contributed by atoms with E-state index in [9.17, 15) is 4.79 Å². The van der Waals surface area contributed by atoms with Crippen LogP contribution in [0.2, 0.25) is 0 Å². The number of hydrogen-bond donors (Lipinski definition) is 2. The minimum absolute atomic E-state index is 0.0139. The summed E-state index contributed by atoms with van der Waals surface area (Å²) in [7, 11) is 0. The van der Waals surface area contributed by atoms with Crippen molar-refractivity contribution in [2.45, 2.75) is 39.7 Å². The molecule has 0 spiro atoms. The smallest absolute Gasteiger partial charge is 0.305 e. The topological polar surface area (TPSA) is 98.9 Å². The summed E-state index contributed by atoms with van der Waals surface area (Å²) in [5.41, 5.74) is 0.238. The van der Waals surface area contributed by atoms with Crippen LogP contribution < -0.4 is 5.32 Å². The predicted molar refractivity (Wildman–Crippen MR) is 70.5 cm³/mol. The Balaban J connectivity index is 2.81. The number of nitrogens with one attached hydrogen (secondary N) is 1. The van der Waals surface area contributed by atoms with Gasteiger partial charge in [-0.2, -0.15) is 5.26 Å². The van der Waals surface area contributed by atoms with Crippen LogP contribution in [0.1, 0.15) is 39.3 Å². The van der Waals surface area contributed by atoms with Crippen molar-refractivity contribution in [3.05, 3.63) is 18.0 Å². The average Bonchev–Trinajstić information content (AvgIpc) is 2.26. The van der Waals surface area contributed by atoms with Gasteiger partial charge in [-0.3, -0.25) is 4.79 Å². The maximum absolute atomic E-state index is 10.9. The third-order valence-corrected chi connectivity index (χ3v) is 2.38. The van der Waals surface area contributed by atoms with Gasteiger partial charge in [0.15, 0.2) is 0 Å². The Morgan fingerprint density at radius 3 is 2.79 bits per heavy atom. The first kappa shape index (κ1) is 14.9. The van der Waals surface area contributed by atoms with Crippen molar-refractivity contribution >= 4 is 11.9 Å². The van der Waals surface area contributed by atoms with Crippen LogP contribution in [0.15, 0.2) is 12.3 Å². The highest BCUT2D eigenvalue weighted by atomic mass is 16.4.